The zero-order chi connectivity index (χ0) is 13.1. The van der Waals surface area contributed by atoms with E-state index in [-0.39, 0.29) is 5.91 Å². The zero-order valence-corrected chi connectivity index (χ0v) is 10.7. The molecule has 1 amide bonds. The van der Waals surface area contributed by atoms with Crippen LogP contribution in [0.2, 0.25) is 0 Å². The van der Waals surface area contributed by atoms with Crippen molar-refractivity contribution in [1.82, 2.24) is 19.8 Å². The van der Waals surface area contributed by atoms with Crippen molar-refractivity contribution in [1.29, 1.82) is 0 Å². The second kappa shape index (κ2) is 5.28. The molecule has 1 fully saturated rings. The largest absolute Gasteiger partial charge is 0.343 e. The molecule has 3 N–H and O–H groups in total. The Hall–Kier alpha value is -1.73. The van der Waals surface area contributed by atoms with Crippen LogP contribution in [0.5, 0.6) is 0 Å². The van der Waals surface area contributed by atoms with Crippen LogP contribution < -0.4 is 11.3 Å². The van der Waals surface area contributed by atoms with Gasteiger partial charge in [-0.05, 0) is 6.92 Å². The Balaban J connectivity index is 2.05. The first-order chi connectivity index (χ1) is 8.58. The molecule has 0 unspecified atom stereocenters. The van der Waals surface area contributed by atoms with Crippen molar-refractivity contribution >= 4 is 11.7 Å². The predicted octanol–water partition coefficient (Wildman–Crippen LogP) is -0.655. The van der Waals surface area contributed by atoms with Gasteiger partial charge in [-0.25, -0.2) is 15.8 Å². The van der Waals surface area contributed by atoms with Gasteiger partial charge in [0.05, 0.1) is 13.1 Å². The summed E-state index contributed by atoms with van der Waals surface area (Å²) in [6.45, 7) is 4.45. The molecule has 1 aromatic rings. The van der Waals surface area contributed by atoms with Gasteiger partial charge in [-0.15, -0.1) is 0 Å². The molecule has 1 aliphatic rings. The van der Waals surface area contributed by atoms with Crippen molar-refractivity contribution in [3.63, 3.8) is 0 Å². The van der Waals surface area contributed by atoms with Crippen molar-refractivity contribution in [3.8, 4) is 0 Å². The Morgan fingerprint density at radius 2 is 2.22 bits per heavy atom. The SMILES string of the molecule is Cc1cc(NN)nc(CN2CCN(C)C(=O)C2)n1. The average molecular weight is 250 g/mol. The summed E-state index contributed by atoms with van der Waals surface area (Å²) in [5.41, 5.74) is 3.37. The number of nitrogens with two attached hydrogens (primary N) is 1. The van der Waals surface area contributed by atoms with Gasteiger partial charge in [0.1, 0.15) is 11.6 Å². The molecule has 0 aromatic carbocycles. The van der Waals surface area contributed by atoms with Crippen molar-refractivity contribution in [2.75, 3.05) is 32.1 Å². The van der Waals surface area contributed by atoms with E-state index >= 15 is 0 Å². The summed E-state index contributed by atoms with van der Waals surface area (Å²) < 4.78 is 0. The molecule has 0 saturated carbocycles. The predicted molar refractivity (Wildman–Crippen MR) is 67.5 cm³/mol. The molecule has 98 valence electrons. The molecule has 1 aromatic heterocycles. The van der Waals surface area contributed by atoms with Gasteiger partial charge in [-0.1, -0.05) is 0 Å². The number of nitrogen functional groups attached to an aromatic ring is 1. The molecule has 0 aliphatic carbocycles. The molecule has 0 radical (unpaired) electrons. The van der Waals surface area contributed by atoms with Gasteiger partial charge >= 0.3 is 0 Å². The fraction of sp³-hybridized carbons (Fsp3) is 0.545. The van der Waals surface area contributed by atoms with E-state index in [0.29, 0.717) is 24.7 Å². The molecule has 7 heteroatoms. The molecule has 1 saturated heterocycles. The number of piperazine rings is 1. The third-order valence-electron chi connectivity index (χ3n) is 2.95. The van der Waals surface area contributed by atoms with Crippen molar-refractivity contribution in [3.05, 3.63) is 17.6 Å². The maximum absolute atomic E-state index is 11.6. The van der Waals surface area contributed by atoms with E-state index in [1.807, 2.05) is 18.9 Å². The lowest BCUT2D eigenvalue weighted by atomic mass is 10.3. The number of amides is 1. The van der Waals surface area contributed by atoms with E-state index in [0.717, 1.165) is 18.8 Å². The number of hydrazine groups is 1. The standard InChI is InChI=1S/C11H18N6O/c1-8-5-9(15-12)14-10(13-8)6-17-4-3-16(2)11(18)7-17/h5H,3-4,6-7,12H2,1-2H3,(H,13,14,15). The van der Waals surface area contributed by atoms with Crippen molar-refractivity contribution in [2.45, 2.75) is 13.5 Å². The van der Waals surface area contributed by atoms with Gasteiger partial charge in [0.2, 0.25) is 5.91 Å². The number of hydrogen-bond acceptors (Lipinski definition) is 6. The van der Waals surface area contributed by atoms with Gasteiger partial charge < -0.3 is 10.3 Å². The number of likely N-dealkylation sites (N-methyl/N-ethyl adjacent to an activating group) is 1. The van der Waals surface area contributed by atoms with Crippen LogP contribution in [0.25, 0.3) is 0 Å². The third kappa shape index (κ3) is 2.93. The molecule has 2 heterocycles. The highest BCUT2D eigenvalue weighted by Crippen LogP contribution is 2.09. The fourth-order valence-electron chi connectivity index (χ4n) is 1.92. The molecule has 0 bridgehead atoms. The lowest BCUT2D eigenvalue weighted by molar-refractivity contribution is -0.134. The number of carbonyl (C=O) groups excluding carboxylic acids is 1. The molecule has 18 heavy (non-hydrogen) atoms. The smallest absolute Gasteiger partial charge is 0.236 e. The van der Waals surface area contributed by atoms with Crippen LogP contribution in [-0.4, -0.2) is 52.4 Å². The summed E-state index contributed by atoms with van der Waals surface area (Å²) in [5.74, 6) is 6.75. The molecule has 2 rings (SSSR count). The summed E-state index contributed by atoms with van der Waals surface area (Å²) >= 11 is 0. The minimum absolute atomic E-state index is 0.131. The number of aryl methyl sites for hydroxylation is 1. The molecule has 7 nitrogen and oxygen atoms in total. The summed E-state index contributed by atoms with van der Waals surface area (Å²) in [4.78, 5) is 24.0. The van der Waals surface area contributed by atoms with Crippen molar-refractivity contribution < 1.29 is 4.79 Å². The average Bonchev–Trinajstić information content (AvgIpc) is 2.33. The van der Waals surface area contributed by atoms with Gasteiger partial charge in [0.15, 0.2) is 0 Å². The van der Waals surface area contributed by atoms with E-state index in [4.69, 9.17) is 5.84 Å². The minimum Gasteiger partial charge on any atom is -0.343 e. The number of hydrogen-bond donors (Lipinski definition) is 2. The van der Waals surface area contributed by atoms with E-state index in [1.165, 1.54) is 0 Å². The Morgan fingerprint density at radius 3 is 2.89 bits per heavy atom. The van der Waals surface area contributed by atoms with Gasteiger partial charge in [-0.3, -0.25) is 9.69 Å². The van der Waals surface area contributed by atoms with Gasteiger partial charge in [0.25, 0.3) is 0 Å². The second-order valence-electron chi connectivity index (χ2n) is 4.48. The molecule has 1 aliphatic heterocycles. The maximum atomic E-state index is 11.6. The lowest BCUT2D eigenvalue weighted by Crippen LogP contribution is -2.48. The first kappa shape index (κ1) is 12.7. The fourth-order valence-corrected chi connectivity index (χ4v) is 1.92. The summed E-state index contributed by atoms with van der Waals surface area (Å²) in [5, 5.41) is 0. The maximum Gasteiger partial charge on any atom is 0.236 e. The van der Waals surface area contributed by atoms with Crippen molar-refractivity contribution in [2.24, 2.45) is 5.84 Å². The van der Waals surface area contributed by atoms with Gasteiger partial charge in [0, 0.05) is 31.9 Å². The number of nitrogens with zero attached hydrogens (tertiary/aromatic N) is 4. The summed E-state index contributed by atoms with van der Waals surface area (Å²) in [6.07, 6.45) is 0. The number of aromatic nitrogens is 2. The summed E-state index contributed by atoms with van der Waals surface area (Å²) in [7, 11) is 1.82. The Labute approximate surface area is 106 Å². The van der Waals surface area contributed by atoms with E-state index in [9.17, 15) is 4.79 Å². The Kier molecular flexibility index (Phi) is 3.73. The number of nitrogens with one attached hydrogen (secondary N) is 1. The topological polar surface area (TPSA) is 87.4 Å². The third-order valence-corrected chi connectivity index (χ3v) is 2.95. The minimum atomic E-state index is 0.131. The van der Waals surface area contributed by atoms with Crippen LogP contribution in [0.1, 0.15) is 11.5 Å². The van der Waals surface area contributed by atoms with E-state index in [1.54, 1.807) is 11.0 Å². The Morgan fingerprint density at radius 1 is 1.44 bits per heavy atom. The van der Waals surface area contributed by atoms with Crippen LogP contribution in [0, 0.1) is 6.92 Å². The first-order valence-electron chi connectivity index (χ1n) is 5.86. The van der Waals surface area contributed by atoms with E-state index in [2.05, 4.69) is 15.4 Å². The summed E-state index contributed by atoms with van der Waals surface area (Å²) in [6, 6.07) is 1.78. The first-order valence-corrected chi connectivity index (χ1v) is 5.86. The van der Waals surface area contributed by atoms with Crippen LogP contribution in [0.4, 0.5) is 5.82 Å². The quantitative estimate of drug-likeness (QED) is 0.547. The Bertz CT molecular complexity index is 449. The highest BCUT2D eigenvalue weighted by molar-refractivity contribution is 5.78. The lowest BCUT2D eigenvalue weighted by Gasteiger charge is -2.31. The second-order valence-corrected chi connectivity index (χ2v) is 4.48. The number of rotatable bonds is 3. The highest BCUT2D eigenvalue weighted by Gasteiger charge is 2.21. The van der Waals surface area contributed by atoms with Gasteiger partial charge in [-0.2, -0.15) is 0 Å². The molecular weight excluding hydrogens is 232 g/mol. The van der Waals surface area contributed by atoms with Crippen LogP contribution in [0.15, 0.2) is 6.07 Å². The highest BCUT2D eigenvalue weighted by atomic mass is 16.2. The van der Waals surface area contributed by atoms with Crippen LogP contribution in [-0.2, 0) is 11.3 Å². The zero-order valence-electron chi connectivity index (χ0n) is 10.7. The van der Waals surface area contributed by atoms with Crippen LogP contribution >= 0.6 is 0 Å². The van der Waals surface area contributed by atoms with E-state index < -0.39 is 0 Å². The normalized spacial score (nSPS) is 17.1. The number of carbonyl (C=O) groups is 1. The van der Waals surface area contributed by atoms with Crippen LogP contribution in [0.3, 0.4) is 0 Å². The molecular formula is C11H18N6O. The number of anilines is 1. The monoisotopic (exact) mass is 250 g/mol. The molecule has 0 spiro atoms. The molecule has 0 atom stereocenters.